The van der Waals surface area contributed by atoms with Gasteiger partial charge in [-0.25, -0.2) is 4.79 Å². The van der Waals surface area contributed by atoms with Gasteiger partial charge in [0.25, 0.3) is 5.91 Å². The van der Waals surface area contributed by atoms with E-state index in [-0.39, 0.29) is 11.3 Å². The van der Waals surface area contributed by atoms with Crippen molar-refractivity contribution in [2.45, 2.75) is 13.0 Å². The van der Waals surface area contributed by atoms with Crippen LogP contribution in [0, 0.1) is 0 Å². The van der Waals surface area contributed by atoms with Crippen molar-refractivity contribution in [3.63, 3.8) is 0 Å². The van der Waals surface area contributed by atoms with Crippen molar-refractivity contribution in [1.82, 2.24) is 0 Å². The van der Waals surface area contributed by atoms with E-state index in [4.69, 9.17) is 21.4 Å². The van der Waals surface area contributed by atoms with Crippen LogP contribution in [0.25, 0.3) is 0 Å². The second kappa shape index (κ2) is 7.48. The molecule has 1 unspecified atom stereocenters. The summed E-state index contributed by atoms with van der Waals surface area (Å²) in [7, 11) is 0. The summed E-state index contributed by atoms with van der Waals surface area (Å²) in [4.78, 5) is 23.3. The van der Waals surface area contributed by atoms with Gasteiger partial charge in [-0.2, -0.15) is 0 Å². The van der Waals surface area contributed by atoms with Crippen molar-refractivity contribution >= 4 is 45.1 Å². The van der Waals surface area contributed by atoms with Crippen LogP contribution in [0.2, 0.25) is 5.02 Å². The highest BCUT2D eigenvalue weighted by molar-refractivity contribution is 9.10. The van der Waals surface area contributed by atoms with E-state index in [1.807, 2.05) is 0 Å². The molecule has 0 aliphatic carbocycles. The lowest BCUT2D eigenvalue weighted by molar-refractivity contribution is -0.122. The quantitative estimate of drug-likeness (QED) is 0.791. The van der Waals surface area contributed by atoms with Crippen molar-refractivity contribution in [1.29, 1.82) is 0 Å². The number of halogens is 2. The van der Waals surface area contributed by atoms with Crippen LogP contribution in [0.15, 0.2) is 46.9 Å². The average Bonchev–Trinajstić information content (AvgIpc) is 2.50. The van der Waals surface area contributed by atoms with Crippen molar-refractivity contribution in [2.75, 3.05) is 5.32 Å². The van der Waals surface area contributed by atoms with Gasteiger partial charge in [0.2, 0.25) is 0 Å². The average molecular weight is 399 g/mol. The summed E-state index contributed by atoms with van der Waals surface area (Å²) in [6.45, 7) is 1.57. The van der Waals surface area contributed by atoms with E-state index in [2.05, 4.69) is 21.2 Å². The number of hydrogen-bond acceptors (Lipinski definition) is 3. The Hall–Kier alpha value is -2.05. The second-order valence-corrected chi connectivity index (χ2v) is 5.97. The fraction of sp³-hybridized carbons (Fsp3) is 0.125. The highest BCUT2D eigenvalue weighted by atomic mass is 79.9. The fourth-order valence-electron chi connectivity index (χ4n) is 1.83. The number of ether oxygens (including phenoxy) is 1. The first kappa shape index (κ1) is 17.3. The van der Waals surface area contributed by atoms with Crippen LogP contribution >= 0.6 is 27.5 Å². The number of carbonyl (C=O) groups is 2. The third-order valence-electron chi connectivity index (χ3n) is 2.98. The van der Waals surface area contributed by atoms with Gasteiger partial charge in [0, 0.05) is 5.02 Å². The van der Waals surface area contributed by atoms with Gasteiger partial charge in [0.1, 0.15) is 5.75 Å². The lowest BCUT2D eigenvalue weighted by atomic mass is 10.1. The van der Waals surface area contributed by atoms with Gasteiger partial charge in [-0.05, 0) is 53.2 Å². The summed E-state index contributed by atoms with van der Waals surface area (Å²) < 4.78 is 6.19. The van der Waals surface area contributed by atoms with Crippen molar-refractivity contribution < 1.29 is 19.4 Å². The Morgan fingerprint density at radius 3 is 2.61 bits per heavy atom. The minimum absolute atomic E-state index is 0.0146. The summed E-state index contributed by atoms with van der Waals surface area (Å²) >= 11 is 9.15. The first-order valence-corrected chi connectivity index (χ1v) is 7.80. The van der Waals surface area contributed by atoms with Crippen LogP contribution in [-0.4, -0.2) is 23.1 Å². The Balaban J connectivity index is 2.10. The summed E-state index contributed by atoms with van der Waals surface area (Å²) in [5.41, 5.74) is 0.233. The Bertz CT molecular complexity index is 751. The molecule has 0 bridgehead atoms. The molecular formula is C16H13BrClNO4. The van der Waals surface area contributed by atoms with Crippen molar-refractivity contribution in [2.24, 2.45) is 0 Å². The number of rotatable bonds is 5. The number of amides is 1. The molecule has 2 rings (SSSR count). The topological polar surface area (TPSA) is 75.6 Å². The van der Waals surface area contributed by atoms with E-state index in [0.29, 0.717) is 15.2 Å². The molecule has 0 radical (unpaired) electrons. The number of aromatic carboxylic acids is 1. The molecule has 0 aliphatic rings. The van der Waals surface area contributed by atoms with E-state index in [1.165, 1.54) is 12.1 Å². The minimum Gasteiger partial charge on any atom is -0.480 e. The van der Waals surface area contributed by atoms with Crippen LogP contribution < -0.4 is 10.1 Å². The highest BCUT2D eigenvalue weighted by Gasteiger charge is 2.19. The Morgan fingerprint density at radius 2 is 1.96 bits per heavy atom. The molecule has 23 heavy (non-hydrogen) atoms. The standard InChI is InChI=1S/C16H13BrClNO4/c1-9(23-14-7-6-10(18)8-12(14)17)15(20)19-13-5-3-2-4-11(13)16(21)22/h2-9H,1H3,(H,19,20)(H,21,22). The first-order valence-electron chi connectivity index (χ1n) is 6.63. The van der Waals surface area contributed by atoms with Gasteiger partial charge in [0.15, 0.2) is 6.10 Å². The molecule has 0 fully saturated rings. The first-order chi connectivity index (χ1) is 10.9. The highest BCUT2D eigenvalue weighted by Crippen LogP contribution is 2.29. The number of benzene rings is 2. The molecule has 1 atom stereocenters. The summed E-state index contributed by atoms with van der Waals surface area (Å²) in [6, 6.07) is 11.1. The molecule has 0 heterocycles. The number of para-hydroxylation sites is 1. The van der Waals surface area contributed by atoms with E-state index >= 15 is 0 Å². The predicted octanol–water partition coefficient (Wildman–Crippen LogP) is 4.21. The third-order valence-corrected chi connectivity index (χ3v) is 3.84. The fourth-order valence-corrected chi connectivity index (χ4v) is 2.60. The zero-order valence-corrected chi connectivity index (χ0v) is 14.4. The van der Waals surface area contributed by atoms with E-state index < -0.39 is 18.0 Å². The maximum atomic E-state index is 12.2. The molecule has 0 aliphatic heterocycles. The molecule has 5 nitrogen and oxygen atoms in total. The monoisotopic (exact) mass is 397 g/mol. The Labute approximate surface area is 146 Å². The summed E-state index contributed by atoms with van der Waals surface area (Å²) in [6.07, 6.45) is -0.825. The maximum absolute atomic E-state index is 12.2. The van der Waals surface area contributed by atoms with E-state index in [1.54, 1.807) is 37.3 Å². The molecule has 2 aromatic carbocycles. The van der Waals surface area contributed by atoms with Gasteiger partial charge in [0.05, 0.1) is 15.7 Å². The normalized spacial score (nSPS) is 11.6. The minimum atomic E-state index is -1.12. The van der Waals surface area contributed by atoms with Gasteiger partial charge in [-0.3, -0.25) is 4.79 Å². The third kappa shape index (κ3) is 4.46. The molecule has 0 aromatic heterocycles. The molecule has 7 heteroatoms. The molecule has 0 saturated heterocycles. The van der Waals surface area contributed by atoms with Crippen LogP contribution in [0.3, 0.4) is 0 Å². The van der Waals surface area contributed by atoms with Gasteiger partial charge in [-0.1, -0.05) is 23.7 Å². The van der Waals surface area contributed by atoms with Crippen LogP contribution in [0.1, 0.15) is 17.3 Å². The van der Waals surface area contributed by atoms with Crippen molar-refractivity contribution in [3.8, 4) is 5.75 Å². The second-order valence-electron chi connectivity index (χ2n) is 4.67. The van der Waals surface area contributed by atoms with Gasteiger partial charge in [-0.15, -0.1) is 0 Å². The molecule has 1 amide bonds. The largest absolute Gasteiger partial charge is 0.480 e. The molecular weight excluding hydrogens is 386 g/mol. The zero-order valence-electron chi connectivity index (χ0n) is 12.0. The smallest absolute Gasteiger partial charge is 0.337 e. The van der Waals surface area contributed by atoms with Crippen LogP contribution in [-0.2, 0) is 4.79 Å². The molecule has 2 N–H and O–H groups in total. The number of anilines is 1. The Morgan fingerprint density at radius 1 is 1.26 bits per heavy atom. The van der Waals surface area contributed by atoms with Crippen LogP contribution in [0.5, 0.6) is 5.75 Å². The van der Waals surface area contributed by atoms with E-state index in [0.717, 1.165) is 0 Å². The zero-order chi connectivity index (χ0) is 17.0. The van der Waals surface area contributed by atoms with Gasteiger partial charge < -0.3 is 15.2 Å². The molecule has 2 aromatic rings. The lowest BCUT2D eigenvalue weighted by Gasteiger charge is -2.16. The van der Waals surface area contributed by atoms with Crippen molar-refractivity contribution in [3.05, 3.63) is 57.5 Å². The predicted molar refractivity (Wildman–Crippen MR) is 91.3 cm³/mol. The lowest BCUT2D eigenvalue weighted by Crippen LogP contribution is -2.30. The molecule has 0 saturated carbocycles. The summed E-state index contributed by atoms with van der Waals surface area (Å²) in [5, 5.41) is 12.2. The van der Waals surface area contributed by atoms with Gasteiger partial charge >= 0.3 is 5.97 Å². The van der Waals surface area contributed by atoms with Crippen LogP contribution in [0.4, 0.5) is 5.69 Å². The molecule has 120 valence electrons. The number of carboxylic acids is 1. The number of carboxylic acid groups (broad SMARTS) is 1. The number of hydrogen-bond donors (Lipinski definition) is 2. The SMILES string of the molecule is CC(Oc1ccc(Cl)cc1Br)C(=O)Nc1ccccc1C(=O)O. The molecule has 0 spiro atoms. The number of carbonyl (C=O) groups excluding carboxylic acids is 1. The Kier molecular flexibility index (Phi) is 5.63. The number of nitrogens with one attached hydrogen (secondary N) is 1. The maximum Gasteiger partial charge on any atom is 0.337 e. The summed E-state index contributed by atoms with van der Waals surface area (Å²) in [5.74, 6) is -1.11. The van der Waals surface area contributed by atoms with E-state index in [9.17, 15) is 9.59 Å².